The van der Waals surface area contributed by atoms with E-state index in [-0.39, 0.29) is 5.92 Å². The zero-order chi connectivity index (χ0) is 40.9. The molecule has 0 spiro atoms. The van der Waals surface area contributed by atoms with Gasteiger partial charge in [0.15, 0.2) is 0 Å². The third-order valence-electron chi connectivity index (χ3n) is 11.4. The molecule has 4 aromatic rings. The number of rotatable bonds is 13. The Morgan fingerprint density at radius 3 is 2.39 bits per heavy atom. The van der Waals surface area contributed by atoms with Crippen molar-refractivity contribution in [2.45, 2.75) is 72.8 Å². The second-order valence-electron chi connectivity index (χ2n) is 14.8. The number of benzene rings is 2. The summed E-state index contributed by atoms with van der Waals surface area (Å²) in [6.07, 6.45) is 24.8. The molecule has 4 heteroatoms. The Balaban J connectivity index is 1.79. The summed E-state index contributed by atoms with van der Waals surface area (Å²) in [7, 11) is 0. The average molecular weight is 740 g/mol. The number of nitrogens with zero attached hydrogens (tertiary/aromatic N) is 3. The van der Waals surface area contributed by atoms with Gasteiger partial charge in [0, 0.05) is 27.8 Å². The highest BCUT2D eigenvalue weighted by Crippen LogP contribution is 2.57. The van der Waals surface area contributed by atoms with Gasteiger partial charge >= 0.3 is 0 Å². The van der Waals surface area contributed by atoms with Gasteiger partial charge in [-0.25, -0.2) is 9.97 Å². The summed E-state index contributed by atoms with van der Waals surface area (Å²) in [5, 5.41) is 13.6. The van der Waals surface area contributed by atoms with Gasteiger partial charge in [-0.3, -0.25) is 4.57 Å². The minimum atomic E-state index is -0.986. The fraction of sp³-hybridized carbons (Fsp3) is 0.231. The summed E-state index contributed by atoms with van der Waals surface area (Å²) in [6.45, 7) is 37.7. The molecule has 2 aromatic heterocycles. The van der Waals surface area contributed by atoms with Crippen molar-refractivity contribution in [1.82, 2.24) is 14.5 Å². The highest BCUT2D eigenvalue weighted by molar-refractivity contribution is 5.97. The number of hydrogen-bond donors (Lipinski definition) is 1. The van der Waals surface area contributed by atoms with Crippen molar-refractivity contribution in [3.8, 4) is 5.95 Å². The van der Waals surface area contributed by atoms with Crippen LogP contribution < -0.4 is 10.6 Å². The van der Waals surface area contributed by atoms with Crippen LogP contribution in [0, 0.1) is 12.8 Å². The lowest BCUT2D eigenvalue weighted by molar-refractivity contribution is 0.0622. The Hall–Kier alpha value is -5.84. The zero-order valence-electron chi connectivity index (χ0n) is 34.6. The fourth-order valence-corrected chi connectivity index (χ4v) is 7.92. The van der Waals surface area contributed by atoms with Gasteiger partial charge in [0.1, 0.15) is 0 Å². The highest BCUT2D eigenvalue weighted by atomic mass is 16.3. The maximum absolute atomic E-state index is 11.0. The number of aliphatic hydroxyl groups is 1. The van der Waals surface area contributed by atoms with Crippen LogP contribution in [0.25, 0.3) is 46.7 Å². The lowest BCUT2D eigenvalue weighted by Crippen LogP contribution is -2.33. The molecule has 0 saturated carbocycles. The monoisotopic (exact) mass is 739 g/mol. The van der Waals surface area contributed by atoms with Crippen molar-refractivity contribution in [1.29, 1.82) is 0 Å². The molecule has 1 aliphatic carbocycles. The molecule has 286 valence electrons. The van der Waals surface area contributed by atoms with Crippen LogP contribution in [0.15, 0.2) is 146 Å². The summed E-state index contributed by atoms with van der Waals surface area (Å²) in [4.78, 5) is 10.4. The normalized spacial score (nSPS) is 19.1. The molecule has 0 saturated heterocycles. The molecule has 4 nitrogen and oxygen atoms in total. The number of aromatic nitrogens is 3. The van der Waals surface area contributed by atoms with E-state index in [9.17, 15) is 5.11 Å². The lowest BCUT2D eigenvalue weighted by atomic mass is 9.67. The Bertz CT molecular complexity index is 2540. The second-order valence-corrected chi connectivity index (χ2v) is 14.8. The van der Waals surface area contributed by atoms with Gasteiger partial charge in [-0.05, 0) is 98.6 Å². The number of allylic oxidation sites excluding steroid dienone is 13. The largest absolute Gasteiger partial charge is 0.385 e. The third kappa shape index (κ3) is 7.06. The van der Waals surface area contributed by atoms with Crippen LogP contribution in [0.5, 0.6) is 0 Å². The van der Waals surface area contributed by atoms with Crippen molar-refractivity contribution in [2.75, 3.05) is 0 Å². The minimum Gasteiger partial charge on any atom is -0.385 e. The third-order valence-corrected chi connectivity index (χ3v) is 11.4. The Morgan fingerprint density at radius 1 is 1.02 bits per heavy atom. The maximum Gasteiger partial charge on any atom is 0.235 e. The quantitative estimate of drug-likeness (QED) is 0.110. The minimum absolute atomic E-state index is 0.0827. The van der Waals surface area contributed by atoms with Gasteiger partial charge in [-0.1, -0.05) is 149 Å². The highest BCUT2D eigenvalue weighted by Gasteiger charge is 2.47. The predicted octanol–water partition coefficient (Wildman–Crippen LogP) is 11.4. The van der Waals surface area contributed by atoms with Crippen LogP contribution in [0.3, 0.4) is 0 Å². The molecule has 2 heterocycles. The molecular weight excluding hydrogens is 683 g/mol. The SMILES string of the molecule is C=C/C=C\C(=C)C1(c2ccc3c(/C=C\C)c(C)n(-c4nc(/C(C)=C/C=C\C=C(/C)C(C)(O)C(C)C=C)c(=C)/c(=C\C)n4)c3c2)/C(=C/CC)C(=C)c2ccccc21. The van der Waals surface area contributed by atoms with Crippen LogP contribution >= 0.6 is 0 Å². The van der Waals surface area contributed by atoms with Gasteiger partial charge < -0.3 is 5.11 Å². The first kappa shape index (κ1) is 41.3. The molecule has 0 fully saturated rings. The Morgan fingerprint density at radius 2 is 1.73 bits per heavy atom. The fourth-order valence-electron chi connectivity index (χ4n) is 7.92. The molecule has 0 radical (unpaired) electrons. The summed E-state index contributed by atoms with van der Waals surface area (Å²) >= 11 is 0. The first-order chi connectivity index (χ1) is 26.7. The standard InChI is InChI=1S/C52H57N3O/c1-14-19-27-37(9)52(45(25-16-3)38(10)42-29-22-23-30-46(42)52)41-31-32-44-43(24-15-2)40(12)55(48(44)33-41)50-53-47(18-5)39(11)49(54-50)34(6)26-20-21-28-36(8)51(13,56)35(7)17-4/h14-15,17-33,35,56H,1,4,9-11,16H2,2-3,5-8,12-13H3/b21-20-,24-15-,27-19-,34-26+,36-28+,45-25+,47-18+. The predicted molar refractivity (Wildman–Crippen MR) is 243 cm³/mol. The Labute approximate surface area is 334 Å². The Kier molecular flexibility index (Phi) is 12.5. The van der Waals surface area contributed by atoms with Gasteiger partial charge in [0.05, 0.1) is 27.6 Å². The van der Waals surface area contributed by atoms with E-state index in [2.05, 4.69) is 111 Å². The molecule has 0 aliphatic heterocycles. The molecule has 2 aromatic carbocycles. The van der Waals surface area contributed by atoms with E-state index in [4.69, 9.17) is 16.5 Å². The molecule has 5 rings (SSSR count). The summed E-state index contributed by atoms with van der Waals surface area (Å²) < 4.78 is 2.18. The first-order valence-corrected chi connectivity index (χ1v) is 19.4. The van der Waals surface area contributed by atoms with Gasteiger partial charge in [0.25, 0.3) is 0 Å². The number of fused-ring (bicyclic) bond motifs is 2. The maximum atomic E-state index is 11.0. The van der Waals surface area contributed by atoms with E-state index in [0.29, 0.717) is 5.95 Å². The smallest absolute Gasteiger partial charge is 0.235 e. The molecule has 3 unspecified atom stereocenters. The van der Waals surface area contributed by atoms with Crippen molar-refractivity contribution >= 4 is 40.8 Å². The topological polar surface area (TPSA) is 50.9 Å². The molecule has 0 amide bonds. The van der Waals surface area contributed by atoms with E-state index in [1.54, 1.807) is 12.2 Å². The zero-order valence-corrected chi connectivity index (χ0v) is 34.6. The van der Waals surface area contributed by atoms with E-state index < -0.39 is 11.0 Å². The molecule has 0 bridgehead atoms. The summed E-state index contributed by atoms with van der Waals surface area (Å²) in [5.74, 6) is 0.485. The summed E-state index contributed by atoms with van der Waals surface area (Å²) in [5.41, 5.74) is 10.5. The van der Waals surface area contributed by atoms with Crippen LogP contribution in [0.4, 0.5) is 0 Å². The lowest BCUT2D eigenvalue weighted by Gasteiger charge is -2.34. The van der Waals surface area contributed by atoms with Gasteiger partial charge in [-0.2, -0.15) is 0 Å². The van der Waals surface area contributed by atoms with Crippen molar-refractivity contribution in [3.63, 3.8) is 0 Å². The van der Waals surface area contributed by atoms with E-state index in [0.717, 1.165) is 89.4 Å². The molecule has 1 N–H and O–H groups in total. The van der Waals surface area contributed by atoms with E-state index in [1.807, 2.05) is 78.0 Å². The molecule has 1 aliphatic rings. The van der Waals surface area contributed by atoms with Crippen LogP contribution in [0.2, 0.25) is 0 Å². The van der Waals surface area contributed by atoms with Crippen molar-refractivity contribution in [2.24, 2.45) is 5.92 Å². The average Bonchev–Trinajstić information content (AvgIpc) is 3.61. The summed E-state index contributed by atoms with van der Waals surface area (Å²) in [6, 6.07) is 15.3. The molecular formula is C52H57N3O. The first-order valence-electron chi connectivity index (χ1n) is 19.4. The van der Waals surface area contributed by atoms with E-state index >= 15 is 0 Å². The van der Waals surface area contributed by atoms with E-state index in [1.165, 1.54) is 0 Å². The van der Waals surface area contributed by atoms with Gasteiger partial charge in [0.2, 0.25) is 5.95 Å². The molecule has 56 heavy (non-hydrogen) atoms. The molecule has 3 atom stereocenters. The second kappa shape index (κ2) is 16.9. The van der Waals surface area contributed by atoms with Gasteiger partial charge in [-0.15, -0.1) is 6.58 Å². The van der Waals surface area contributed by atoms with Crippen LogP contribution in [0.1, 0.15) is 88.5 Å². The number of hydrogen-bond acceptors (Lipinski definition) is 3. The van der Waals surface area contributed by atoms with Crippen LogP contribution in [-0.4, -0.2) is 25.2 Å². The van der Waals surface area contributed by atoms with Crippen molar-refractivity contribution in [3.05, 3.63) is 190 Å². The van der Waals surface area contributed by atoms with Crippen LogP contribution in [-0.2, 0) is 5.41 Å². The van der Waals surface area contributed by atoms with Crippen molar-refractivity contribution < 1.29 is 5.11 Å².